The first-order chi connectivity index (χ1) is 10.0. The summed E-state index contributed by atoms with van der Waals surface area (Å²) < 4.78 is 5.21. The summed E-state index contributed by atoms with van der Waals surface area (Å²) in [6, 6.07) is 8.15. The first-order valence-corrected chi connectivity index (χ1v) is 7.07. The van der Waals surface area contributed by atoms with Gasteiger partial charge in [-0.2, -0.15) is 0 Å². The molecule has 7 heteroatoms. The van der Waals surface area contributed by atoms with Crippen LogP contribution in [0.1, 0.15) is 15.9 Å². The zero-order chi connectivity index (χ0) is 15.4. The first-order valence-electron chi connectivity index (χ1n) is 5.94. The Hall–Kier alpha value is -1.49. The fourth-order valence-electron chi connectivity index (χ4n) is 1.77. The lowest BCUT2D eigenvalue weighted by Gasteiger charge is -2.11. The summed E-state index contributed by atoms with van der Waals surface area (Å²) in [6.07, 6.45) is 0. The summed E-state index contributed by atoms with van der Waals surface area (Å²) in [5.41, 5.74) is 1.02. The third-order valence-corrected chi connectivity index (χ3v) is 3.49. The Balaban J connectivity index is 2.15. The molecule has 4 nitrogen and oxygen atoms in total. The third-order valence-electron chi connectivity index (χ3n) is 2.75. The van der Waals surface area contributed by atoms with Gasteiger partial charge in [-0.15, -0.1) is 0 Å². The van der Waals surface area contributed by atoms with Crippen LogP contribution in [-0.2, 0) is 6.54 Å². The second-order valence-electron chi connectivity index (χ2n) is 4.10. The molecule has 1 aromatic carbocycles. The maximum absolute atomic E-state index is 12.1. The Bertz CT molecular complexity index is 657. The maximum Gasteiger partial charge on any atom is 0.251 e. The van der Waals surface area contributed by atoms with Gasteiger partial charge in [-0.3, -0.25) is 4.79 Å². The number of nitrogens with zero attached hydrogens (tertiary/aromatic N) is 1. The lowest BCUT2D eigenvalue weighted by molar-refractivity contribution is 0.0950. The molecule has 2 aromatic rings. The van der Waals surface area contributed by atoms with Crippen molar-refractivity contribution in [3.8, 4) is 5.75 Å². The van der Waals surface area contributed by atoms with Crippen molar-refractivity contribution in [3.05, 3.63) is 56.8 Å². The number of pyridine rings is 1. The molecule has 0 saturated carbocycles. The standard InChI is InChI=1S/C14H11Cl3N2O2/c1-21-11-4-2-3-10(15)9(11)7-18-14(20)8-5-12(16)19-13(17)6-8/h2-6H,7H2,1H3,(H,18,20). The van der Waals surface area contributed by atoms with Crippen LogP contribution in [0.5, 0.6) is 5.75 Å². The molecular weight excluding hydrogens is 335 g/mol. The normalized spacial score (nSPS) is 10.3. The van der Waals surface area contributed by atoms with Crippen LogP contribution in [0, 0.1) is 0 Å². The van der Waals surface area contributed by atoms with E-state index in [0.717, 1.165) is 0 Å². The van der Waals surface area contributed by atoms with Crippen molar-refractivity contribution >= 4 is 40.7 Å². The van der Waals surface area contributed by atoms with E-state index in [9.17, 15) is 4.79 Å². The number of carbonyl (C=O) groups is 1. The zero-order valence-electron chi connectivity index (χ0n) is 11.0. The highest BCUT2D eigenvalue weighted by molar-refractivity contribution is 6.33. The van der Waals surface area contributed by atoms with Crippen molar-refractivity contribution in [2.75, 3.05) is 7.11 Å². The van der Waals surface area contributed by atoms with Gasteiger partial charge in [-0.05, 0) is 24.3 Å². The lowest BCUT2D eigenvalue weighted by Crippen LogP contribution is -2.23. The Morgan fingerprint density at radius 3 is 2.52 bits per heavy atom. The van der Waals surface area contributed by atoms with Crippen LogP contribution in [0.3, 0.4) is 0 Å². The Kier molecular flexibility index (Phi) is 5.28. The smallest absolute Gasteiger partial charge is 0.251 e. The van der Waals surface area contributed by atoms with Crippen LogP contribution in [0.4, 0.5) is 0 Å². The van der Waals surface area contributed by atoms with Crippen molar-refractivity contribution in [3.63, 3.8) is 0 Å². The summed E-state index contributed by atoms with van der Waals surface area (Å²) in [5, 5.41) is 3.56. The molecule has 110 valence electrons. The molecule has 1 heterocycles. The predicted octanol–water partition coefficient (Wildman–Crippen LogP) is 3.98. The summed E-state index contributed by atoms with van der Waals surface area (Å²) >= 11 is 17.6. The lowest BCUT2D eigenvalue weighted by atomic mass is 10.2. The largest absolute Gasteiger partial charge is 0.496 e. The number of nitrogens with one attached hydrogen (secondary N) is 1. The van der Waals surface area contributed by atoms with Crippen molar-refractivity contribution in [2.24, 2.45) is 0 Å². The van der Waals surface area contributed by atoms with Gasteiger partial charge in [0.1, 0.15) is 16.1 Å². The van der Waals surface area contributed by atoms with Gasteiger partial charge in [0, 0.05) is 22.7 Å². The number of methoxy groups -OCH3 is 1. The number of aromatic nitrogens is 1. The molecule has 0 aliphatic carbocycles. The van der Waals surface area contributed by atoms with Gasteiger partial charge in [0.05, 0.1) is 7.11 Å². The Morgan fingerprint density at radius 1 is 1.24 bits per heavy atom. The van der Waals surface area contributed by atoms with Gasteiger partial charge in [-0.25, -0.2) is 4.98 Å². The molecule has 0 fully saturated rings. The molecule has 0 aliphatic heterocycles. The van der Waals surface area contributed by atoms with Crippen molar-refractivity contribution < 1.29 is 9.53 Å². The van der Waals surface area contributed by atoms with E-state index < -0.39 is 0 Å². The van der Waals surface area contributed by atoms with E-state index in [2.05, 4.69) is 10.3 Å². The molecule has 1 aromatic heterocycles. The molecule has 1 amide bonds. The van der Waals surface area contributed by atoms with Gasteiger partial charge in [0.25, 0.3) is 5.91 Å². The van der Waals surface area contributed by atoms with Crippen LogP contribution in [0.15, 0.2) is 30.3 Å². The highest BCUT2D eigenvalue weighted by Gasteiger charge is 2.12. The van der Waals surface area contributed by atoms with Crippen LogP contribution >= 0.6 is 34.8 Å². The summed E-state index contributed by atoms with van der Waals surface area (Å²) in [6.45, 7) is 0.221. The molecule has 1 N–H and O–H groups in total. The van der Waals surface area contributed by atoms with E-state index in [1.165, 1.54) is 12.1 Å². The number of carbonyl (C=O) groups excluding carboxylic acids is 1. The fraction of sp³-hybridized carbons (Fsp3) is 0.143. The molecule has 0 aliphatic rings. The van der Waals surface area contributed by atoms with Crippen LogP contribution < -0.4 is 10.1 Å². The number of halogens is 3. The average molecular weight is 346 g/mol. The molecule has 0 atom stereocenters. The SMILES string of the molecule is COc1cccc(Cl)c1CNC(=O)c1cc(Cl)nc(Cl)c1. The summed E-state index contributed by atoms with van der Waals surface area (Å²) in [7, 11) is 1.54. The Labute approximate surface area is 137 Å². The summed E-state index contributed by atoms with van der Waals surface area (Å²) in [4.78, 5) is 15.9. The highest BCUT2D eigenvalue weighted by atomic mass is 35.5. The number of rotatable bonds is 4. The molecule has 0 radical (unpaired) electrons. The minimum Gasteiger partial charge on any atom is -0.496 e. The number of ether oxygens (including phenoxy) is 1. The third kappa shape index (κ3) is 4.00. The molecular formula is C14H11Cl3N2O2. The quantitative estimate of drug-likeness (QED) is 0.853. The summed E-state index contributed by atoms with van der Waals surface area (Å²) in [5.74, 6) is 0.275. The number of amides is 1. The monoisotopic (exact) mass is 344 g/mol. The van der Waals surface area contributed by atoms with E-state index in [1.54, 1.807) is 25.3 Å². The van der Waals surface area contributed by atoms with Gasteiger partial charge in [0.15, 0.2) is 0 Å². The number of hydrogen-bond donors (Lipinski definition) is 1. The predicted molar refractivity (Wildman–Crippen MR) is 83.4 cm³/mol. The minimum absolute atomic E-state index is 0.156. The molecule has 21 heavy (non-hydrogen) atoms. The second-order valence-corrected chi connectivity index (χ2v) is 5.29. The van der Waals surface area contributed by atoms with Crippen LogP contribution in [0.25, 0.3) is 0 Å². The molecule has 0 saturated heterocycles. The topological polar surface area (TPSA) is 51.2 Å². The molecule has 0 bridgehead atoms. The molecule has 2 rings (SSSR count). The van der Waals surface area contributed by atoms with E-state index in [0.29, 0.717) is 21.9 Å². The van der Waals surface area contributed by atoms with Gasteiger partial charge >= 0.3 is 0 Å². The van der Waals surface area contributed by atoms with E-state index in [-0.39, 0.29) is 22.8 Å². The van der Waals surface area contributed by atoms with Crippen LogP contribution in [-0.4, -0.2) is 18.0 Å². The molecule has 0 spiro atoms. The fourth-order valence-corrected chi connectivity index (χ4v) is 2.46. The van der Waals surface area contributed by atoms with Crippen molar-refractivity contribution in [1.29, 1.82) is 0 Å². The number of benzene rings is 1. The van der Waals surface area contributed by atoms with Crippen LogP contribution in [0.2, 0.25) is 15.3 Å². The van der Waals surface area contributed by atoms with E-state index >= 15 is 0 Å². The van der Waals surface area contributed by atoms with Gasteiger partial charge in [0.2, 0.25) is 0 Å². The van der Waals surface area contributed by atoms with Gasteiger partial charge < -0.3 is 10.1 Å². The number of hydrogen-bond acceptors (Lipinski definition) is 3. The van der Waals surface area contributed by atoms with Crippen molar-refractivity contribution in [2.45, 2.75) is 6.54 Å². The van der Waals surface area contributed by atoms with Crippen molar-refractivity contribution in [1.82, 2.24) is 10.3 Å². The van der Waals surface area contributed by atoms with E-state index in [1.807, 2.05) is 0 Å². The van der Waals surface area contributed by atoms with Gasteiger partial charge in [-0.1, -0.05) is 40.9 Å². The second kappa shape index (κ2) is 6.98. The molecule has 0 unspecified atom stereocenters. The minimum atomic E-state index is -0.330. The maximum atomic E-state index is 12.1. The highest BCUT2D eigenvalue weighted by Crippen LogP contribution is 2.26. The average Bonchev–Trinajstić information content (AvgIpc) is 2.44. The Morgan fingerprint density at radius 2 is 1.90 bits per heavy atom. The first kappa shape index (κ1) is 15.9. The zero-order valence-corrected chi connectivity index (χ0v) is 13.3. The van der Waals surface area contributed by atoms with E-state index in [4.69, 9.17) is 39.5 Å².